The van der Waals surface area contributed by atoms with Crippen molar-refractivity contribution in [1.82, 2.24) is 10.2 Å². The summed E-state index contributed by atoms with van der Waals surface area (Å²) in [5.41, 5.74) is -0.434. The number of carbonyl (C=O) groups excluding carboxylic acids is 2. The van der Waals surface area contributed by atoms with Gasteiger partial charge in [-0.1, -0.05) is 28.1 Å². The number of fused-ring (bicyclic) bond motifs is 1. The second-order valence-corrected chi connectivity index (χ2v) is 7.81. The zero-order valence-electron chi connectivity index (χ0n) is 15.1. The maximum atomic E-state index is 14.2. The van der Waals surface area contributed by atoms with Gasteiger partial charge in [0.25, 0.3) is 5.91 Å². The minimum absolute atomic E-state index is 0.149. The van der Waals surface area contributed by atoms with Crippen molar-refractivity contribution >= 4 is 27.9 Å². The lowest BCUT2D eigenvalue weighted by Gasteiger charge is -2.23. The Balaban J connectivity index is 1.63. The lowest BCUT2D eigenvalue weighted by molar-refractivity contribution is -0.131. The number of halogens is 2. The number of hydrogen-bond donors (Lipinski definition) is 1. The fourth-order valence-corrected chi connectivity index (χ4v) is 3.66. The van der Waals surface area contributed by atoms with E-state index in [4.69, 9.17) is 9.47 Å². The Bertz CT molecular complexity index is 967. The number of imide groups is 1. The maximum absolute atomic E-state index is 14.2. The highest BCUT2D eigenvalue weighted by molar-refractivity contribution is 9.10. The molecule has 0 aromatic heterocycles. The quantitative estimate of drug-likeness (QED) is 0.726. The van der Waals surface area contributed by atoms with Crippen LogP contribution in [0.25, 0.3) is 0 Å². The summed E-state index contributed by atoms with van der Waals surface area (Å²) in [6.45, 7) is 2.56. The molecular formula is C20H18BrFN2O4. The van der Waals surface area contributed by atoms with E-state index in [1.165, 1.54) is 6.07 Å². The topological polar surface area (TPSA) is 67.9 Å². The molecule has 1 unspecified atom stereocenters. The first-order chi connectivity index (χ1) is 13.4. The van der Waals surface area contributed by atoms with E-state index >= 15 is 0 Å². The van der Waals surface area contributed by atoms with Crippen molar-refractivity contribution in [2.75, 3.05) is 13.2 Å². The molecule has 2 aromatic carbocycles. The molecule has 146 valence electrons. The molecule has 1 N–H and O–H groups in total. The predicted octanol–water partition coefficient (Wildman–Crippen LogP) is 3.72. The van der Waals surface area contributed by atoms with Crippen LogP contribution in [0.5, 0.6) is 11.5 Å². The standard InChI is InChI=1S/C20H18BrFN2O4/c1-20(13-4-6-16-17(9-13)28-8-2-7-27-16)18(25)24(19(26)23-20)11-12-3-5-14(21)10-15(12)22/h3-6,9-10H,2,7-8,11H2,1H3,(H,23,26). The van der Waals surface area contributed by atoms with Gasteiger partial charge in [-0.3, -0.25) is 9.69 Å². The number of ether oxygens (including phenoxy) is 2. The Kier molecular flexibility index (Phi) is 4.74. The molecule has 0 radical (unpaired) electrons. The lowest BCUT2D eigenvalue weighted by Crippen LogP contribution is -2.40. The number of benzene rings is 2. The van der Waals surface area contributed by atoms with E-state index in [9.17, 15) is 14.0 Å². The average molecular weight is 449 g/mol. The molecule has 2 aromatic rings. The Morgan fingerprint density at radius 2 is 1.89 bits per heavy atom. The van der Waals surface area contributed by atoms with Crippen molar-refractivity contribution in [3.63, 3.8) is 0 Å². The molecule has 4 rings (SSSR count). The van der Waals surface area contributed by atoms with Crippen LogP contribution in [0.2, 0.25) is 0 Å². The van der Waals surface area contributed by atoms with E-state index in [0.717, 1.165) is 11.3 Å². The van der Waals surface area contributed by atoms with E-state index in [0.29, 0.717) is 34.7 Å². The van der Waals surface area contributed by atoms with Crippen LogP contribution in [0.1, 0.15) is 24.5 Å². The first-order valence-corrected chi connectivity index (χ1v) is 9.66. The van der Waals surface area contributed by atoms with Crippen molar-refractivity contribution in [3.8, 4) is 11.5 Å². The van der Waals surface area contributed by atoms with Crippen LogP contribution < -0.4 is 14.8 Å². The second-order valence-electron chi connectivity index (χ2n) is 6.89. The molecule has 2 heterocycles. The van der Waals surface area contributed by atoms with Gasteiger partial charge in [0, 0.05) is 16.5 Å². The van der Waals surface area contributed by atoms with E-state index in [-0.39, 0.29) is 12.1 Å². The molecule has 6 nitrogen and oxygen atoms in total. The summed E-state index contributed by atoms with van der Waals surface area (Å²) in [4.78, 5) is 26.6. The highest BCUT2D eigenvalue weighted by Crippen LogP contribution is 2.37. The van der Waals surface area contributed by atoms with Gasteiger partial charge in [-0.05, 0) is 36.8 Å². The van der Waals surface area contributed by atoms with Crippen LogP contribution >= 0.6 is 15.9 Å². The normalized spacial score (nSPS) is 21.5. The largest absolute Gasteiger partial charge is 0.490 e. The van der Waals surface area contributed by atoms with Gasteiger partial charge in [-0.2, -0.15) is 0 Å². The Hall–Kier alpha value is -2.61. The fourth-order valence-electron chi connectivity index (χ4n) is 3.33. The number of nitrogens with one attached hydrogen (secondary N) is 1. The van der Waals surface area contributed by atoms with E-state index in [1.807, 2.05) is 0 Å². The molecule has 1 saturated heterocycles. The van der Waals surface area contributed by atoms with Crippen LogP contribution in [0.15, 0.2) is 40.9 Å². The lowest BCUT2D eigenvalue weighted by atomic mass is 9.91. The summed E-state index contributed by atoms with van der Waals surface area (Å²) in [7, 11) is 0. The minimum Gasteiger partial charge on any atom is -0.490 e. The zero-order chi connectivity index (χ0) is 19.9. The number of urea groups is 1. The van der Waals surface area contributed by atoms with Gasteiger partial charge in [0.05, 0.1) is 19.8 Å². The third-order valence-electron chi connectivity index (χ3n) is 4.94. The summed E-state index contributed by atoms with van der Waals surface area (Å²) >= 11 is 3.20. The molecule has 8 heteroatoms. The highest BCUT2D eigenvalue weighted by atomic mass is 79.9. The van der Waals surface area contributed by atoms with Crippen molar-refractivity contribution in [1.29, 1.82) is 0 Å². The summed E-state index contributed by atoms with van der Waals surface area (Å²) in [5, 5.41) is 2.73. The molecule has 0 saturated carbocycles. The first-order valence-electron chi connectivity index (χ1n) is 8.86. The van der Waals surface area contributed by atoms with Gasteiger partial charge < -0.3 is 14.8 Å². The molecule has 0 spiro atoms. The number of amides is 3. The van der Waals surface area contributed by atoms with Crippen LogP contribution in [0.4, 0.5) is 9.18 Å². The maximum Gasteiger partial charge on any atom is 0.325 e. The molecule has 0 aliphatic carbocycles. The molecule has 1 fully saturated rings. The molecule has 2 aliphatic rings. The van der Waals surface area contributed by atoms with Gasteiger partial charge in [-0.25, -0.2) is 9.18 Å². The summed E-state index contributed by atoms with van der Waals surface area (Å²) in [6, 6.07) is 9.12. The van der Waals surface area contributed by atoms with Crippen LogP contribution in [0.3, 0.4) is 0 Å². The first kappa shape index (κ1) is 18.7. The van der Waals surface area contributed by atoms with Gasteiger partial charge in [0.1, 0.15) is 11.4 Å². The number of nitrogens with zero attached hydrogens (tertiary/aromatic N) is 1. The van der Waals surface area contributed by atoms with Crippen LogP contribution in [-0.4, -0.2) is 30.1 Å². The number of carbonyl (C=O) groups is 2. The van der Waals surface area contributed by atoms with Crippen molar-refractivity contribution in [2.45, 2.75) is 25.4 Å². The van der Waals surface area contributed by atoms with Crippen molar-refractivity contribution in [2.24, 2.45) is 0 Å². The van der Waals surface area contributed by atoms with E-state index in [1.54, 1.807) is 37.3 Å². The third-order valence-corrected chi connectivity index (χ3v) is 5.44. The second kappa shape index (κ2) is 7.09. The zero-order valence-corrected chi connectivity index (χ0v) is 16.7. The Labute approximate surface area is 169 Å². The highest BCUT2D eigenvalue weighted by Gasteiger charge is 2.49. The number of hydrogen-bond acceptors (Lipinski definition) is 4. The summed E-state index contributed by atoms with van der Waals surface area (Å²) in [6.07, 6.45) is 0.767. The fraction of sp³-hybridized carbons (Fsp3) is 0.300. The minimum atomic E-state index is -1.27. The molecular weight excluding hydrogens is 431 g/mol. The summed E-state index contributed by atoms with van der Waals surface area (Å²) < 4.78 is 26.1. The molecule has 3 amide bonds. The van der Waals surface area contributed by atoms with Gasteiger partial charge >= 0.3 is 6.03 Å². The molecule has 28 heavy (non-hydrogen) atoms. The predicted molar refractivity (Wildman–Crippen MR) is 103 cm³/mol. The monoisotopic (exact) mass is 448 g/mol. The Morgan fingerprint density at radius 1 is 1.14 bits per heavy atom. The summed E-state index contributed by atoms with van der Waals surface area (Å²) in [5.74, 6) is 0.208. The number of rotatable bonds is 3. The van der Waals surface area contributed by atoms with Gasteiger partial charge in [-0.15, -0.1) is 0 Å². The van der Waals surface area contributed by atoms with Gasteiger partial charge in [0.2, 0.25) is 0 Å². The average Bonchev–Trinajstić information content (AvgIpc) is 2.83. The van der Waals surface area contributed by atoms with Crippen molar-refractivity contribution < 1.29 is 23.5 Å². The Morgan fingerprint density at radius 3 is 2.64 bits per heavy atom. The SMILES string of the molecule is CC1(c2ccc3c(c2)OCCCO3)NC(=O)N(Cc2ccc(Br)cc2F)C1=O. The van der Waals surface area contributed by atoms with E-state index < -0.39 is 23.3 Å². The van der Waals surface area contributed by atoms with Crippen molar-refractivity contribution in [3.05, 3.63) is 57.8 Å². The van der Waals surface area contributed by atoms with Gasteiger partial charge in [0.15, 0.2) is 11.5 Å². The molecule has 1 atom stereocenters. The molecule has 0 bridgehead atoms. The van der Waals surface area contributed by atoms with Crippen LogP contribution in [0, 0.1) is 5.82 Å². The van der Waals surface area contributed by atoms with E-state index in [2.05, 4.69) is 21.2 Å². The van der Waals surface area contributed by atoms with Crippen LogP contribution in [-0.2, 0) is 16.9 Å². The molecule has 2 aliphatic heterocycles. The third kappa shape index (κ3) is 3.22. The smallest absolute Gasteiger partial charge is 0.325 e.